The Labute approximate surface area is 138 Å². The van der Waals surface area contributed by atoms with Crippen molar-refractivity contribution in [3.05, 3.63) is 5.56 Å². The van der Waals surface area contributed by atoms with Gasteiger partial charge in [-0.1, -0.05) is 11.8 Å². The molecule has 0 saturated carbocycles. The highest BCUT2D eigenvalue weighted by atomic mass is 32.2. The molecule has 1 aromatic rings. The average molecular weight is 338 g/mol. The topological polar surface area (TPSA) is 99.1 Å². The summed E-state index contributed by atoms with van der Waals surface area (Å²) >= 11 is 2.59. The lowest BCUT2D eigenvalue weighted by Gasteiger charge is -2.32. The van der Waals surface area contributed by atoms with Crippen LogP contribution in [-0.2, 0) is 4.79 Å². The Bertz CT molecular complexity index is 595. The van der Waals surface area contributed by atoms with E-state index in [1.54, 1.807) is 0 Å². The van der Waals surface area contributed by atoms with Crippen LogP contribution in [-0.4, -0.2) is 70.9 Å². The molecule has 1 aromatic heterocycles. The quantitative estimate of drug-likeness (QED) is 0.626. The summed E-state index contributed by atoms with van der Waals surface area (Å²) in [4.78, 5) is 24.4. The fraction of sp³-hybridized carbons (Fsp3) is 0.538. The zero-order valence-corrected chi connectivity index (χ0v) is 14.2. The second kappa shape index (κ2) is 7.67. The van der Waals surface area contributed by atoms with E-state index in [-0.39, 0.29) is 17.6 Å². The first-order valence-electron chi connectivity index (χ1n) is 6.76. The predicted molar refractivity (Wildman–Crippen MR) is 87.7 cm³/mol. The lowest BCUT2D eigenvalue weighted by atomic mass is 10.3. The molecule has 0 spiro atoms. The molecule has 0 atom stereocenters. The number of nitriles is 1. The van der Waals surface area contributed by atoms with Crippen LogP contribution in [0.5, 0.6) is 0 Å². The van der Waals surface area contributed by atoms with Crippen molar-refractivity contribution in [3.63, 3.8) is 0 Å². The van der Waals surface area contributed by atoms with E-state index in [2.05, 4.69) is 20.9 Å². The number of nitrogens with two attached hydrogens (primary N) is 1. The number of likely N-dealkylation sites (N-methyl/N-ethyl adjacent to an activating group) is 1. The van der Waals surface area contributed by atoms with Crippen LogP contribution in [0.15, 0.2) is 10.1 Å². The molecule has 2 N–H and O–H groups in total. The Balaban J connectivity index is 2.04. The van der Waals surface area contributed by atoms with E-state index >= 15 is 0 Å². The van der Waals surface area contributed by atoms with Crippen molar-refractivity contribution in [1.29, 1.82) is 5.26 Å². The SMILES string of the molecule is CSc1nc(N)nc(SCC(=O)N2CCN(C)CC2)c1C#N. The lowest BCUT2D eigenvalue weighted by molar-refractivity contribution is -0.129. The molecule has 1 aliphatic heterocycles. The fourth-order valence-corrected chi connectivity index (χ4v) is 3.54. The lowest BCUT2D eigenvalue weighted by Crippen LogP contribution is -2.47. The van der Waals surface area contributed by atoms with Crippen LogP contribution >= 0.6 is 23.5 Å². The summed E-state index contributed by atoms with van der Waals surface area (Å²) in [5, 5.41) is 10.3. The molecule has 22 heavy (non-hydrogen) atoms. The molecule has 1 saturated heterocycles. The standard InChI is InChI=1S/C13H18N6OS2/c1-18-3-5-19(6-4-18)10(20)8-22-12-9(7-14)11(21-2)16-13(15)17-12/h3-6,8H2,1-2H3,(H2,15,16,17). The predicted octanol–water partition coefficient (Wildman–Crippen LogP) is 0.518. The molecule has 1 fully saturated rings. The molecule has 118 valence electrons. The molecule has 1 amide bonds. The van der Waals surface area contributed by atoms with Gasteiger partial charge in [0, 0.05) is 26.2 Å². The zero-order valence-electron chi connectivity index (χ0n) is 12.6. The van der Waals surface area contributed by atoms with Gasteiger partial charge >= 0.3 is 0 Å². The highest BCUT2D eigenvalue weighted by Crippen LogP contribution is 2.27. The second-order valence-corrected chi connectivity index (χ2v) is 6.61. The van der Waals surface area contributed by atoms with Gasteiger partial charge in [0.15, 0.2) is 0 Å². The number of anilines is 1. The molecule has 7 nitrogen and oxygen atoms in total. The smallest absolute Gasteiger partial charge is 0.233 e. The van der Waals surface area contributed by atoms with Gasteiger partial charge in [-0.15, -0.1) is 11.8 Å². The summed E-state index contributed by atoms with van der Waals surface area (Å²) in [7, 11) is 2.05. The Morgan fingerprint density at radius 3 is 2.55 bits per heavy atom. The summed E-state index contributed by atoms with van der Waals surface area (Å²) < 4.78 is 0. The number of piperazine rings is 1. The monoisotopic (exact) mass is 338 g/mol. The van der Waals surface area contributed by atoms with Gasteiger partial charge in [0.2, 0.25) is 11.9 Å². The van der Waals surface area contributed by atoms with Gasteiger partial charge in [0.25, 0.3) is 0 Å². The molecule has 0 unspecified atom stereocenters. The number of hydrogen-bond donors (Lipinski definition) is 1. The van der Waals surface area contributed by atoms with Crippen molar-refractivity contribution in [2.24, 2.45) is 0 Å². The fourth-order valence-electron chi connectivity index (χ4n) is 2.06. The van der Waals surface area contributed by atoms with E-state index in [1.165, 1.54) is 23.5 Å². The molecule has 0 bridgehead atoms. The van der Waals surface area contributed by atoms with Gasteiger partial charge in [0.05, 0.1) is 5.75 Å². The number of hydrogen-bond acceptors (Lipinski definition) is 8. The van der Waals surface area contributed by atoms with Gasteiger partial charge in [-0.05, 0) is 13.3 Å². The van der Waals surface area contributed by atoms with Crippen LogP contribution in [0.3, 0.4) is 0 Å². The molecule has 2 rings (SSSR count). The van der Waals surface area contributed by atoms with Crippen molar-refractivity contribution in [2.45, 2.75) is 10.1 Å². The number of nitrogen functional groups attached to an aromatic ring is 1. The van der Waals surface area contributed by atoms with Gasteiger partial charge in [-0.3, -0.25) is 4.79 Å². The molecule has 9 heteroatoms. The highest BCUT2D eigenvalue weighted by molar-refractivity contribution is 8.00. The number of aromatic nitrogens is 2. The third kappa shape index (κ3) is 4.03. The molecule has 1 aliphatic rings. The molecular formula is C13H18N6OS2. The summed E-state index contributed by atoms with van der Waals surface area (Å²) in [6.07, 6.45) is 1.83. The number of carbonyl (C=O) groups is 1. The Morgan fingerprint density at radius 2 is 1.95 bits per heavy atom. The van der Waals surface area contributed by atoms with Gasteiger partial charge < -0.3 is 15.5 Å². The normalized spacial score (nSPS) is 15.6. The van der Waals surface area contributed by atoms with Crippen molar-refractivity contribution < 1.29 is 4.79 Å². The minimum Gasteiger partial charge on any atom is -0.368 e. The Hall–Kier alpha value is -1.50. The molecule has 0 radical (unpaired) electrons. The van der Waals surface area contributed by atoms with E-state index in [0.717, 1.165) is 26.2 Å². The number of nitrogens with zero attached hydrogens (tertiary/aromatic N) is 5. The van der Waals surface area contributed by atoms with Crippen molar-refractivity contribution in [1.82, 2.24) is 19.8 Å². The third-order valence-electron chi connectivity index (χ3n) is 3.35. The Kier molecular flexibility index (Phi) is 5.88. The van der Waals surface area contributed by atoms with Gasteiger partial charge in [-0.2, -0.15) is 5.26 Å². The largest absolute Gasteiger partial charge is 0.368 e. The van der Waals surface area contributed by atoms with E-state index in [4.69, 9.17) is 5.73 Å². The maximum absolute atomic E-state index is 12.2. The van der Waals surface area contributed by atoms with Crippen LogP contribution in [0.1, 0.15) is 5.56 Å². The zero-order chi connectivity index (χ0) is 16.1. The van der Waals surface area contributed by atoms with E-state index < -0.39 is 0 Å². The van der Waals surface area contributed by atoms with Crippen LogP contribution in [0.4, 0.5) is 5.95 Å². The number of thioether (sulfide) groups is 2. The van der Waals surface area contributed by atoms with Gasteiger partial charge in [-0.25, -0.2) is 9.97 Å². The summed E-state index contributed by atoms with van der Waals surface area (Å²) in [6, 6.07) is 2.10. The van der Waals surface area contributed by atoms with E-state index in [0.29, 0.717) is 15.6 Å². The second-order valence-electron chi connectivity index (χ2n) is 4.86. The summed E-state index contributed by atoms with van der Waals surface area (Å²) in [5.41, 5.74) is 6.05. The summed E-state index contributed by atoms with van der Waals surface area (Å²) in [5.74, 6) is 0.436. The minimum atomic E-state index is 0.0601. The Morgan fingerprint density at radius 1 is 1.32 bits per heavy atom. The minimum absolute atomic E-state index is 0.0601. The van der Waals surface area contributed by atoms with Crippen LogP contribution in [0, 0.1) is 11.3 Å². The van der Waals surface area contributed by atoms with Crippen LogP contribution in [0.2, 0.25) is 0 Å². The van der Waals surface area contributed by atoms with Crippen LogP contribution in [0.25, 0.3) is 0 Å². The highest BCUT2D eigenvalue weighted by Gasteiger charge is 2.20. The maximum atomic E-state index is 12.2. The van der Waals surface area contributed by atoms with E-state index in [1.807, 2.05) is 18.2 Å². The third-order valence-corrected chi connectivity index (χ3v) is 5.00. The first-order chi connectivity index (χ1) is 10.5. The van der Waals surface area contributed by atoms with Crippen molar-refractivity contribution >= 4 is 35.4 Å². The van der Waals surface area contributed by atoms with Crippen molar-refractivity contribution in [3.8, 4) is 6.07 Å². The molecule has 0 aromatic carbocycles. The van der Waals surface area contributed by atoms with Crippen molar-refractivity contribution in [2.75, 3.05) is 51.0 Å². The number of amides is 1. The first kappa shape index (κ1) is 16.9. The molecule has 0 aliphatic carbocycles. The average Bonchev–Trinajstić information content (AvgIpc) is 2.52. The summed E-state index contributed by atoms with van der Waals surface area (Å²) in [6.45, 7) is 3.25. The molecular weight excluding hydrogens is 320 g/mol. The van der Waals surface area contributed by atoms with Crippen LogP contribution < -0.4 is 5.73 Å². The number of carbonyl (C=O) groups excluding carboxylic acids is 1. The van der Waals surface area contributed by atoms with E-state index in [9.17, 15) is 10.1 Å². The maximum Gasteiger partial charge on any atom is 0.233 e. The molecule has 2 heterocycles. The van der Waals surface area contributed by atoms with Gasteiger partial charge in [0.1, 0.15) is 21.7 Å². The number of rotatable bonds is 4. The first-order valence-corrected chi connectivity index (χ1v) is 8.97.